The lowest BCUT2D eigenvalue weighted by atomic mass is 9.96. The molecule has 0 aliphatic heterocycles. The number of furan rings is 1. The quantitative estimate of drug-likeness (QED) is 0.158. The van der Waals surface area contributed by atoms with E-state index in [-0.39, 0.29) is 0 Å². The third kappa shape index (κ3) is 6.08. The first-order valence-corrected chi connectivity index (χ1v) is 19.6. The second-order valence-corrected chi connectivity index (χ2v) is 14.7. The molecule has 5 heteroatoms. The first-order chi connectivity index (χ1) is 29.2. The molecule has 0 N–H and O–H groups in total. The van der Waals surface area contributed by atoms with Gasteiger partial charge in [0.2, 0.25) is 0 Å². The third-order valence-electron chi connectivity index (χ3n) is 11.2. The standard InChI is InChI=1S/C54H32N4O/c55-33-43-13-5-6-16-44(43)38-14-8-15-40(30-38)52-56-53(41-26-28-46-39(31-41)25-24-36-12-4-7-17-45(36)46)58-54(57-52)42-27-29-48-50(32-42)59-49-19-9-18-47(51(48)49)37-22-20-35(21-23-37)34-10-2-1-3-11-34/h1-32H. The van der Waals surface area contributed by atoms with Gasteiger partial charge >= 0.3 is 0 Å². The maximum Gasteiger partial charge on any atom is 0.164 e. The Bertz CT molecular complexity index is 3450. The molecule has 0 spiro atoms. The topological polar surface area (TPSA) is 75.6 Å². The molecule has 59 heavy (non-hydrogen) atoms. The Balaban J connectivity index is 1.05. The van der Waals surface area contributed by atoms with E-state index in [1.165, 1.54) is 27.3 Å². The van der Waals surface area contributed by atoms with Crippen molar-refractivity contribution in [3.63, 3.8) is 0 Å². The zero-order valence-corrected chi connectivity index (χ0v) is 31.7. The van der Waals surface area contributed by atoms with Gasteiger partial charge in [-0.25, -0.2) is 15.0 Å². The van der Waals surface area contributed by atoms with Crippen LogP contribution in [0.1, 0.15) is 5.56 Å². The van der Waals surface area contributed by atoms with Crippen molar-refractivity contribution in [3.05, 3.63) is 200 Å². The lowest BCUT2D eigenvalue weighted by molar-refractivity contribution is 0.669. The van der Waals surface area contributed by atoms with E-state index in [4.69, 9.17) is 19.4 Å². The molecule has 274 valence electrons. The molecule has 0 atom stereocenters. The summed E-state index contributed by atoms with van der Waals surface area (Å²) < 4.78 is 6.57. The van der Waals surface area contributed by atoms with Crippen molar-refractivity contribution in [1.82, 2.24) is 15.0 Å². The van der Waals surface area contributed by atoms with Gasteiger partial charge in [-0.3, -0.25) is 0 Å². The molecule has 0 bridgehead atoms. The van der Waals surface area contributed by atoms with Crippen LogP contribution in [0.25, 0.3) is 111 Å². The zero-order chi connectivity index (χ0) is 39.3. The van der Waals surface area contributed by atoms with Gasteiger partial charge in [0.15, 0.2) is 17.5 Å². The summed E-state index contributed by atoms with van der Waals surface area (Å²) in [5.41, 5.74) is 11.1. The van der Waals surface area contributed by atoms with E-state index in [1.807, 2.05) is 72.8 Å². The predicted octanol–water partition coefficient (Wildman–Crippen LogP) is 14.0. The Labute approximate surface area is 340 Å². The first kappa shape index (κ1) is 34.1. The van der Waals surface area contributed by atoms with Crippen molar-refractivity contribution in [2.45, 2.75) is 0 Å². The second-order valence-electron chi connectivity index (χ2n) is 14.7. The van der Waals surface area contributed by atoms with Gasteiger partial charge in [-0.05, 0) is 91.3 Å². The van der Waals surface area contributed by atoms with E-state index in [0.717, 1.165) is 66.3 Å². The van der Waals surface area contributed by atoms with Gasteiger partial charge in [-0.15, -0.1) is 0 Å². The van der Waals surface area contributed by atoms with Crippen molar-refractivity contribution in [1.29, 1.82) is 5.26 Å². The van der Waals surface area contributed by atoms with Gasteiger partial charge in [0.05, 0.1) is 11.6 Å². The van der Waals surface area contributed by atoms with Gasteiger partial charge in [-0.2, -0.15) is 5.26 Å². The highest BCUT2D eigenvalue weighted by atomic mass is 16.3. The maximum absolute atomic E-state index is 9.88. The molecule has 9 aromatic carbocycles. The minimum atomic E-state index is 0.533. The summed E-state index contributed by atoms with van der Waals surface area (Å²) in [5.74, 6) is 1.63. The van der Waals surface area contributed by atoms with Gasteiger partial charge in [0, 0.05) is 27.5 Å². The van der Waals surface area contributed by atoms with Crippen molar-refractivity contribution >= 4 is 43.5 Å². The molecule has 0 unspecified atom stereocenters. The zero-order valence-electron chi connectivity index (χ0n) is 31.7. The fourth-order valence-electron chi connectivity index (χ4n) is 8.25. The summed E-state index contributed by atoms with van der Waals surface area (Å²) in [6, 6.07) is 68.7. The van der Waals surface area contributed by atoms with Crippen LogP contribution in [0.5, 0.6) is 0 Å². The van der Waals surface area contributed by atoms with Gasteiger partial charge < -0.3 is 4.42 Å². The van der Waals surface area contributed by atoms with Crippen molar-refractivity contribution in [3.8, 4) is 73.6 Å². The predicted molar refractivity (Wildman–Crippen MR) is 239 cm³/mol. The Kier molecular flexibility index (Phi) is 8.13. The van der Waals surface area contributed by atoms with Crippen LogP contribution < -0.4 is 0 Å². The first-order valence-electron chi connectivity index (χ1n) is 19.6. The number of hydrogen-bond donors (Lipinski definition) is 0. The number of fused-ring (bicyclic) bond motifs is 6. The minimum absolute atomic E-state index is 0.533. The average molecular weight is 753 g/mol. The van der Waals surface area contributed by atoms with Crippen LogP contribution in [0.3, 0.4) is 0 Å². The van der Waals surface area contributed by atoms with Gasteiger partial charge in [0.1, 0.15) is 11.2 Å². The second kappa shape index (κ2) is 14.1. The highest BCUT2D eigenvalue weighted by molar-refractivity contribution is 6.13. The van der Waals surface area contributed by atoms with Crippen LogP contribution in [0, 0.1) is 11.3 Å². The minimum Gasteiger partial charge on any atom is -0.456 e. The van der Waals surface area contributed by atoms with E-state index in [1.54, 1.807) is 0 Å². The summed E-state index contributed by atoms with van der Waals surface area (Å²) in [6.07, 6.45) is 0. The number of hydrogen-bond acceptors (Lipinski definition) is 5. The molecule has 5 nitrogen and oxygen atoms in total. The molecule has 0 aliphatic carbocycles. The average Bonchev–Trinajstić information content (AvgIpc) is 3.70. The van der Waals surface area contributed by atoms with Crippen LogP contribution in [-0.2, 0) is 0 Å². The van der Waals surface area contributed by atoms with Crippen molar-refractivity contribution in [2.75, 3.05) is 0 Å². The fraction of sp³-hybridized carbons (Fsp3) is 0. The molecular formula is C54H32N4O. The van der Waals surface area contributed by atoms with Crippen molar-refractivity contribution < 1.29 is 4.42 Å². The Morgan fingerprint density at radius 2 is 0.915 bits per heavy atom. The lowest BCUT2D eigenvalue weighted by Crippen LogP contribution is -2.00. The molecule has 0 radical (unpaired) electrons. The molecule has 11 aromatic rings. The lowest BCUT2D eigenvalue weighted by Gasteiger charge is -2.11. The number of nitriles is 1. The van der Waals surface area contributed by atoms with Crippen LogP contribution >= 0.6 is 0 Å². The van der Waals surface area contributed by atoms with E-state index in [9.17, 15) is 5.26 Å². The molecule has 0 saturated heterocycles. The van der Waals surface area contributed by atoms with Gasteiger partial charge in [0.25, 0.3) is 0 Å². The largest absolute Gasteiger partial charge is 0.456 e. The van der Waals surface area contributed by atoms with E-state index in [0.29, 0.717) is 23.0 Å². The molecule has 0 aliphatic rings. The molecule has 0 amide bonds. The molecular weight excluding hydrogens is 721 g/mol. The maximum atomic E-state index is 9.88. The number of nitrogens with zero attached hydrogens (tertiary/aromatic N) is 4. The molecule has 11 rings (SSSR count). The third-order valence-corrected chi connectivity index (χ3v) is 11.2. The van der Waals surface area contributed by atoms with Crippen LogP contribution in [0.15, 0.2) is 199 Å². The summed E-state index contributed by atoms with van der Waals surface area (Å²) in [4.78, 5) is 15.3. The number of benzene rings is 9. The van der Waals surface area contributed by atoms with Crippen molar-refractivity contribution in [2.24, 2.45) is 0 Å². The summed E-state index contributed by atoms with van der Waals surface area (Å²) in [6.45, 7) is 0. The highest BCUT2D eigenvalue weighted by Gasteiger charge is 2.18. The monoisotopic (exact) mass is 752 g/mol. The SMILES string of the molecule is N#Cc1ccccc1-c1cccc(-c2nc(-c3ccc4c(ccc5ccccc54)c3)nc(-c3ccc4c(c3)oc3cccc(-c5ccc(-c6ccccc6)cc5)c34)n2)c1. The highest BCUT2D eigenvalue weighted by Crippen LogP contribution is 2.39. The van der Waals surface area contributed by atoms with E-state index < -0.39 is 0 Å². The summed E-state index contributed by atoms with van der Waals surface area (Å²) in [5, 5.41) is 16.6. The Morgan fingerprint density at radius 3 is 1.73 bits per heavy atom. The van der Waals surface area contributed by atoms with E-state index >= 15 is 0 Å². The smallest absolute Gasteiger partial charge is 0.164 e. The Hall–Kier alpha value is -8.20. The van der Waals surface area contributed by atoms with Crippen LogP contribution in [0.4, 0.5) is 0 Å². The number of aromatic nitrogens is 3. The normalized spacial score (nSPS) is 11.4. The molecule has 2 heterocycles. The molecule has 0 fully saturated rings. The van der Waals surface area contributed by atoms with E-state index in [2.05, 4.69) is 127 Å². The van der Waals surface area contributed by atoms with Crippen LogP contribution in [-0.4, -0.2) is 15.0 Å². The fourth-order valence-corrected chi connectivity index (χ4v) is 8.25. The molecule has 2 aromatic heterocycles. The molecule has 0 saturated carbocycles. The van der Waals surface area contributed by atoms with Crippen LogP contribution in [0.2, 0.25) is 0 Å². The summed E-state index contributed by atoms with van der Waals surface area (Å²) >= 11 is 0. The Morgan fingerprint density at radius 1 is 0.356 bits per heavy atom. The number of rotatable bonds is 6. The van der Waals surface area contributed by atoms with Gasteiger partial charge in [-0.1, -0.05) is 158 Å². The summed E-state index contributed by atoms with van der Waals surface area (Å²) in [7, 11) is 0.